The molecule has 1 heterocycles. The van der Waals surface area contributed by atoms with Crippen molar-refractivity contribution in [3.63, 3.8) is 0 Å². The first-order chi connectivity index (χ1) is 7.25. The standard InChI is InChI=1S/C12H12N2O/c13-12(15)9-1-4-11-8(7-9)5-6-14(11)10-2-3-10/h1,4-7,10H,2-3H2,(H2,13,15). The lowest BCUT2D eigenvalue weighted by Crippen LogP contribution is -2.10. The van der Waals surface area contributed by atoms with Gasteiger partial charge in [-0.3, -0.25) is 4.79 Å². The van der Waals surface area contributed by atoms with Gasteiger partial charge in [0.05, 0.1) is 0 Å². The number of amides is 1. The monoisotopic (exact) mass is 200 g/mol. The van der Waals surface area contributed by atoms with Gasteiger partial charge in [0, 0.05) is 28.7 Å². The van der Waals surface area contributed by atoms with Crippen LogP contribution in [-0.2, 0) is 0 Å². The van der Waals surface area contributed by atoms with Gasteiger partial charge in [-0.25, -0.2) is 0 Å². The number of carbonyl (C=O) groups excluding carboxylic acids is 1. The fraction of sp³-hybridized carbons (Fsp3) is 0.250. The van der Waals surface area contributed by atoms with Gasteiger partial charge >= 0.3 is 0 Å². The maximum absolute atomic E-state index is 11.0. The number of nitrogens with two attached hydrogens (primary N) is 1. The minimum Gasteiger partial charge on any atom is -0.366 e. The van der Waals surface area contributed by atoms with Crippen LogP contribution >= 0.6 is 0 Å². The van der Waals surface area contributed by atoms with Crippen LogP contribution in [0, 0.1) is 0 Å². The molecule has 1 fully saturated rings. The first-order valence-electron chi connectivity index (χ1n) is 5.16. The van der Waals surface area contributed by atoms with Gasteiger partial charge in [0.2, 0.25) is 5.91 Å². The maximum Gasteiger partial charge on any atom is 0.248 e. The second-order valence-electron chi connectivity index (χ2n) is 4.09. The van der Waals surface area contributed by atoms with Crippen molar-refractivity contribution >= 4 is 16.8 Å². The molecule has 76 valence electrons. The van der Waals surface area contributed by atoms with Gasteiger partial charge in [-0.15, -0.1) is 0 Å². The molecule has 3 heteroatoms. The number of nitrogens with zero attached hydrogens (tertiary/aromatic N) is 1. The Bertz CT molecular complexity index is 538. The number of fused-ring (bicyclic) bond motifs is 1. The van der Waals surface area contributed by atoms with E-state index in [9.17, 15) is 4.79 Å². The molecular weight excluding hydrogens is 188 g/mol. The number of hydrogen-bond donors (Lipinski definition) is 1. The van der Waals surface area contributed by atoms with E-state index in [-0.39, 0.29) is 5.91 Å². The van der Waals surface area contributed by atoms with Crippen molar-refractivity contribution in [3.8, 4) is 0 Å². The molecule has 3 rings (SSSR count). The van der Waals surface area contributed by atoms with Crippen LogP contribution in [0.25, 0.3) is 10.9 Å². The van der Waals surface area contributed by atoms with Crippen LogP contribution < -0.4 is 5.73 Å². The Morgan fingerprint density at radius 3 is 2.80 bits per heavy atom. The molecular formula is C12H12N2O. The number of aromatic nitrogens is 1. The van der Waals surface area contributed by atoms with E-state index in [1.807, 2.05) is 18.2 Å². The highest BCUT2D eigenvalue weighted by molar-refractivity contribution is 5.97. The third kappa shape index (κ3) is 1.31. The zero-order valence-corrected chi connectivity index (χ0v) is 8.31. The van der Waals surface area contributed by atoms with Crippen LogP contribution in [0.4, 0.5) is 0 Å². The molecule has 2 aromatic rings. The number of hydrogen-bond acceptors (Lipinski definition) is 1. The lowest BCUT2D eigenvalue weighted by atomic mass is 10.1. The Morgan fingerprint density at radius 1 is 1.33 bits per heavy atom. The van der Waals surface area contributed by atoms with Gasteiger partial charge in [0.25, 0.3) is 0 Å². The van der Waals surface area contributed by atoms with E-state index in [1.54, 1.807) is 6.07 Å². The lowest BCUT2D eigenvalue weighted by Gasteiger charge is -2.02. The van der Waals surface area contributed by atoms with Crippen LogP contribution in [0.3, 0.4) is 0 Å². The maximum atomic E-state index is 11.0. The smallest absolute Gasteiger partial charge is 0.248 e. The van der Waals surface area contributed by atoms with E-state index in [1.165, 1.54) is 18.4 Å². The zero-order valence-electron chi connectivity index (χ0n) is 8.31. The summed E-state index contributed by atoms with van der Waals surface area (Å²) in [6.07, 6.45) is 4.62. The van der Waals surface area contributed by atoms with Crippen LogP contribution in [-0.4, -0.2) is 10.5 Å². The Hall–Kier alpha value is -1.77. The fourth-order valence-electron chi connectivity index (χ4n) is 1.99. The van der Waals surface area contributed by atoms with Crippen molar-refractivity contribution in [2.45, 2.75) is 18.9 Å². The predicted octanol–water partition coefficient (Wildman–Crippen LogP) is 2.08. The third-order valence-electron chi connectivity index (χ3n) is 2.95. The summed E-state index contributed by atoms with van der Waals surface area (Å²) in [5.41, 5.74) is 7.01. The SMILES string of the molecule is NC(=O)c1ccc2c(ccn2C2CC2)c1. The fourth-order valence-corrected chi connectivity index (χ4v) is 1.99. The number of carbonyl (C=O) groups is 1. The molecule has 1 aromatic heterocycles. The molecule has 0 unspecified atom stereocenters. The quantitative estimate of drug-likeness (QED) is 0.792. The second kappa shape index (κ2) is 2.86. The Balaban J connectivity index is 2.17. The molecule has 0 radical (unpaired) electrons. The third-order valence-corrected chi connectivity index (χ3v) is 2.95. The molecule has 0 atom stereocenters. The van der Waals surface area contributed by atoms with Crippen LogP contribution in [0.15, 0.2) is 30.5 Å². The van der Waals surface area contributed by atoms with Gasteiger partial charge < -0.3 is 10.3 Å². The Labute approximate surface area is 87.5 Å². The van der Waals surface area contributed by atoms with E-state index in [2.05, 4.69) is 10.8 Å². The summed E-state index contributed by atoms with van der Waals surface area (Å²) in [6, 6.07) is 8.34. The Kier molecular flexibility index (Phi) is 1.63. The van der Waals surface area contributed by atoms with Crippen LogP contribution in [0.2, 0.25) is 0 Å². The molecule has 3 nitrogen and oxygen atoms in total. The minimum atomic E-state index is -0.365. The average molecular weight is 200 g/mol. The summed E-state index contributed by atoms with van der Waals surface area (Å²) >= 11 is 0. The molecule has 1 amide bonds. The van der Waals surface area contributed by atoms with Crippen molar-refractivity contribution in [1.29, 1.82) is 0 Å². The van der Waals surface area contributed by atoms with Crippen LogP contribution in [0.5, 0.6) is 0 Å². The van der Waals surface area contributed by atoms with E-state index in [4.69, 9.17) is 5.73 Å². The van der Waals surface area contributed by atoms with Crippen molar-refractivity contribution in [1.82, 2.24) is 4.57 Å². The van der Waals surface area contributed by atoms with Gasteiger partial charge in [-0.2, -0.15) is 0 Å². The average Bonchev–Trinajstić information content (AvgIpc) is 2.98. The molecule has 1 aliphatic rings. The van der Waals surface area contributed by atoms with Gasteiger partial charge in [0.15, 0.2) is 0 Å². The van der Waals surface area contributed by atoms with Gasteiger partial charge in [-0.05, 0) is 37.1 Å². The number of benzene rings is 1. The molecule has 0 spiro atoms. The highest BCUT2D eigenvalue weighted by atomic mass is 16.1. The van der Waals surface area contributed by atoms with Gasteiger partial charge in [-0.1, -0.05) is 0 Å². The molecule has 1 aromatic carbocycles. The highest BCUT2D eigenvalue weighted by Gasteiger charge is 2.24. The topological polar surface area (TPSA) is 48.0 Å². The molecule has 1 saturated carbocycles. The summed E-state index contributed by atoms with van der Waals surface area (Å²) < 4.78 is 2.28. The summed E-state index contributed by atoms with van der Waals surface area (Å²) in [5, 5.41) is 1.10. The summed E-state index contributed by atoms with van der Waals surface area (Å²) in [4.78, 5) is 11.0. The summed E-state index contributed by atoms with van der Waals surface area (Å²) in [5.74, 6) is -0.365. The van der Waals surface area contributed by atoms with E-state index in [0.717, 1.165) is 5.39 Å². The summed E-state index contributed by atoms with van der Waals surface area (Å²) in [7, 11) is 0. The van der Waals surface area contributed by atoms with Crippen LogP contribution in [0.1, 0.15) is 29.2 Å². The van der Waals surface area contributed by atoms with Crippen molar-refractivity contribution in [3.05, 3.63) is 36.0 Å². The number of rotatable bonds is 2. The largest absolute Gasteiger partial charge is 0.366 e. The normalized spacial score (nSPS) is 15.7. The van der Waals surface area contributed by atoms with Crippen molar-refractivity contribution in [2.75, 3.05) is 0 Å². The van der Waals surface area contributed by atoms with E-state index >= 15 is 0 Å². The lowest BCUT2D eigenvalue weighted by molar-refractivity contribution is 0.100. The molecule has 15 heavy (non-hydrogen) atoms. The Morgan fingerprint density at radius 2 is 2.13 bits per heavy atom. The first-order valence-corrected chi connectivity index (χ1v) is 5.16. The molecule has 1 aliphatic carbocycles. The molecule has 0 bridgehead atoms. The van der Waals surface area contributed by atoms with Crippen molar-refractivity contribution in [2.24, 2.45) is 5.73 Å². The summed E-state index contributed by atoms with van der Waals surface area (Å²) in [6.45, 7) is 0. The van der Waals surface area contributed by atoms with E-state index in [0.29, 0.717) is 11.6 Å². The highest BCUT2D eigenvalue weighted by Crippen LogP contribution is 2.37. The predicted molar refractivity (Wildman–Crippen MR) is 58.7 cm³/mol. The molecule has 0 aliphatic heterocycles. The minimum absolute atomic E-state index is 0.365. The first kappa shape index (κ1) is 8.53. The van der Waals surface area contributed by atoms with E-state index < -0.39 is 0 Å². The van der Waals surface area contributed by atoms with Gasteiger partial charge in [0.1, 0.15) is 0 Å². The molecule has 2 N–H and O–H groups in total. The number of primary amides is 1. The van der Waals surface area contributed by atoms with Crippen molar-refractivity contribution < 1.29 is 4.79 Å². The zero-order chi connectivity index (χ0) is 10.4. The second-order valence-corrected chi connectivity index (χ2v) is 4.09. The molecule has 0 saturated heterocycles.